The monoisotopic (exact) mass is 502 g/mol. The summed E-state index contributed by atoms with van der Waals surface area (Å²) in [4.78, 5) is 39.1. The van der Waals surface area contributed by atoms with Crippen molar-refractivity contribution in [3.05, 3.63) is 70.0 Å². The van der Waals surface area contributed by atoms with E-state index in [-0.39, 0.29) is 39.5 Å². The number of aromatic hydroxyl groups is 2. The first-order valence-corrected chi connectivity index (χ1v) is 11.9. The smallest absolute Gasteiger partial charge is 0.194 e. The SMILES string of the molecule is CC(=O)c1c(O)c(C)c(O)c2c1OC1=CC(=O)C(=C(C)NCCCc3nnc4ccccn34)C(=O)C12C. The average Bonchev–Trinajstić information content (AvgIpc) is 3.39. The van der Waals surface area contributed by atoms with Crippen LogP contribution in [0.4, 0.5) is 0 Å². The number of carbonyl (C=O) groups excluding carboxylic acids is 3. The van der Waals surface area contributed by atoms with Gasteiger partial charge in [-0.2, -0.15) is 0 Å². The largest absolute Gasteiger partial charge is 0.507 e. The molecule has 1 aliphatic heterocycles. The zero-order valence-corrected chi connectivity index (χ0v) is 20.9. The highest BCUT2D eigenvalue weighted by Gasteiger charge is 2.56. The molecule has 0 bridgehead atoms. The second kappa shape index (κ2) is 8.58. The molecular weight excluding hydrogens is 476 g/mol. The summed E-state index contributed by atoms with van der Waals surface area (Å²) in [6, 6.07) is 5.67. The number of pyridine rings is 1. The van der Waals surface area contributed by atoms with Crippen LogP contribution in [0.15, 0.2) is 47.5 Å². The number of nitrogens with one attached hydrogen (secondary N) is 1. The highest BCUT2D eigenvalue weighted by Crippen LogP contribution is 2.57. The van der Waals surface area contributed by atoms with E-state index in [0.717, 1.165) is 11.5 Å². The van der Waals surface area contributed by atoms with E-state index >= 15 is 0 Å². The molecule has 2 aliphatic rings. The number of phenolic OH excluding ortho intramolecular Hbond substituents is 2. The molecule has 0 radical (unpaired) electrons. The van der Waals surface area contributed by atoms with Crippen molar-refractivity contribution >= 4 is 23.0 Å². The van der Waals surface area contributed by atoms with Gasteiger partial charge >= 0.3 is 0 Å². The van der Waals surface area contributed by atoms with Crippen molar-refractivity contribution in [1.82, 2.24) is 19.9 Å². The molecule has 5 rings (SSSR count). The van der Waals surface area contributed by atoms with Crippen molar-refractivity contribution in [3.8, 4) is 17.2 Å². The normalized spacial score (nSPS) is 19.8. The standard InChI is InChI=1S/C27H26N4O6/c1-13-23(34)21(15(3)32)25-22(24(13)35)27(4)17(37-25)12-16(33)20(26(27)36)14(2)28-10-7-9-19-30-29-18-8-5-6-11-31(18)19/h5-6,8,11-12,28,34-35H,7,9-10H2,1-4H3. The van der Waals surface area contributed by atoms with E-state index in [1.807, 2.05) is 28.8 Å². The van der Waals surface area contributed by atoms with E-state index in [2.05, 4.69) is 15.5 Å². The highest BCUT2D eigenvalue weighted by atomic mass is 16.5. The first-order valence-electron chi connectivity index (χ1n) is 11.9. The Kier molecular flexibility index (Phi) is 5.62. The number of Topliss-reactive ketones (excluding diaryl/α,β-unsaturated/α-hetero) is 2. The molecule has 3 aromatic rings. The van der Waals surface area contributed by atoms with Gasteiger partial charge in [-0.15, -0.1) is 10.2 Å². The number of rotatable bonds is 6. The van der Waals surface area contributed by atoms with Crippen LogP contribution in [-0.4, -0.2) is 48.7 Å². The van der Waals surface area contributed by atoms with Crippen LogP contribution < -0.4 is 10.1 Å². The van der Waals surface area contributed by atoms with E-state index in [0.29, 0.717) is 25.1 Å². The second-order valence-corrected chi connectivity index (χ2v) is 9.46. The second-order valence-electron chi connectivity index (χ2n) is 9.46. The van der Waals surface area contributed by atoms with Gasteiger partial charge in [-0.05, 0) is 46.2 Å². The fourth-order valence-electron chi connectivity index (χ4n) is 5.03. The summed E-state index contributed by atoms with van der Waals surface area (Å²) >= 11 is 0. The summed E-state index contributed by atoms with van der Waals surface area (Å²) in [6.45, 7) is 6.37. The molecule has 1 atom stereocenters. The van der Waals surface area contributed by atoms with Crippen molar-refractivity contribution < 1.29 is 29.3 Å². The Morgan fingerprint density at radius 3 is 2.65 bits per heavy atom. The summed E-state index contributed by atoms with van der Waals surface area (Å²) < 4.78 is 7.70. The predicted octanol–water partition coefficient (Wildman–Crippen LogP) is 2.83. The van der Waals surface area contributed by atoms with Crippen LogP contribution in [0.3, 0.4) is 0 Å². The number of benzene rings is 1. The van der Waals surface area contributed by atoms with Crippen LogP contribution in [0.5, 0.6) is 17.2 Å². The summed E-state index contributed by atoms with van der Waals surface area (Å²) in [5, 5.41) is 32.9. The number of hydrogen-bond acceptors (Lipinski definition) is 9. The van der Waals surface area contributed by atoms with Gasteiger partial charge in [0.2, 0.25) is 0 Å². The van der Waals surface area contributed by atoms with Gasteiger partial charge in [0.05, 0.1) is 11.1 Å². The van der Waals surface area contributed by atoms with Crippen LogP contribution in [0.1, 0.15) is 54.5 Å². The number of hydrogen-bond donors (Lipinski definition) is 3. The number of nitrogens with zero attached hydrogens (tertiary/aromatic N) is 3. The van der Waals surface area contributed by atoms with Crippen molar-refractivity contribution in [2.24, 2.45) is 0 Å². The van der Waals surface area contributed by atoms with Crippen LogP contribution >= 0.6 is 0 Å². The zero-order chi connectivity index (χ0) is 26.6. The van der Waals surface area contributed by atoms with Crippen LogP contribution in [0.25, 0.3) is 5.65 Å². The maximum absolute atomic E-state index is 13.8. The summed E-state index contributed by atoms with van der Waals surface area (Å²) in [5.41, 5.74) is -0.436. The molecule has 3 heterocycles. The Balaban J connectivity index is 1.43. The third-order valence-electron chi connectivity index (χ3n) is 7.11. The maximum atomic E-state index is 13.8. The molecule has 1 aromatic carbocycles. The van der Waals surface area contributed by atoms with Gasteiger partial charge < -0.3 is 20.3 Å². The lowest BCUT2D eigenvalue weighted by Crippen LogP contribution is -2.41. The van der Waals surface area contributed by atoms with Crippen molar-refractivity contribution in [2.75, 3.05) is 6.54 Å². The van der Waals surface area contributed by atoms with Crippen LogP contribution in [0.2, 0.25) is 0 Å². The Bertz CT molecular complexity index is 1580. The molecule has 37 heavy (non-hydrogen) atoms. The van der Waals surface area contributed by atoms with Crippen molar-refractivity contribution in [3.63, 3.8) is 0 Å². The molecule has 3 N–H and O–H groups in total. The lowest BCUT2D eigenvalue weighted by atomic mass is 9.70. The predicted molar refractivity (Wildman–Crippen MR) is 133 cm³/mol. The number of phenols is 2. The van der Waals surface area contributed by atoms with Gasteiger partial charge in [0.1, 0.15) is 39.8 Å². The molecule has 0 saturated carbocycles. The van der Waals surface area contributed by atoms with E-state index in [4.69, 9.17) is 4.74 Å². The number of aryl methyl sites for hydroxylation is 1. The number of ketones is 3. The van der Waals surface area contributed by atoms with E-state index in [9.17, 15) is 24.6 Å². The topological polar surface area (TPSA) is 143 Å². The zero-order valence-electron chi connectivity index (χ0n) is 20.9. The molecule has 2 aromatic heterocycles. The van der Waals surface area contributed by atoms with Gasteiger partial charge in [0.15, 0.2) is 23.0 Å². The van der Waals surface area contributed by atoms with Gasteiger partial charge in [0.25, 0.3) is 0 Å². The summed E-state index contributed by atoms with van der Waals surface area (Å²) in [7, 11) is 0. The molecule has 1 aliphatic carbocycles. The minimum Gasteiger partial charge on any atom is -0.507 e. The van der Waals surface area contributed by atoms with Gasteiger partial charge in [0, 0.05) is 36.5 Å². The van der Waals surface area contributed by atoms with Crippen molar-refractivity contribution in [1.29, 1.82) is 0 Å². The molecule has 10 heteroatoms. The fourth-order valence-corrected chi connectivity index (χ4v) is 5.03. The molecule has 0 spiro atoms. The Morgan fingerprint density at radius 1 is 1.16 bits per heavy atom. The van der Waals surface area contributed by atoms with E-state index in [1.165, 1.54) is 19.9 Å². The van der Waals surface area contributed by atoms with Gasteiger partial charge in [-0.25, -0.2) is 0 Å². The number of aromatic nitrogens is 3. The number of fused-ring (bicyclic) bond motifs is 4. The van der Waals surface area contributed by atoms with Gasteiger partial charge in [-0.3, -0.25) is 18.8 Å². The first-order chi connectivity index (χ1) is 17.6. The van der Waals surface area contributed by atoms with E-state index < -0.39 is 28.5 Å². The fraction of sp³-hybridized carbons (Fsp3) is 0.296. The highest BCUT2D eigenvalue weighted by molar-refractivity contribution is 6.31. The molecule has 0 fully saturated rings. The Hall–Kier alpha value is -4.47. The third kappa shape index (κ3) is 3.51. The summed E-state index contributed by atoms with van der Waals surface area (Å²) in [5.74, 6) is -1.64. The molecule has 190 valence electrons. The molecule has 10 nitrogen and oxygen atoms in total. The number of carbonyl (C=O) groups is 3. The summed E-state index contributed by atoms with van der Waals surface area (Å²) in [6.07, 6.45) is 4.41. The van der Waals surface area contributed by atoms with Gasteiger partial charge in [-0.1, -0.05) is 6.07 Å². The molecular formula is C27H26N4O6. The van der Waals surface area contributed by atoms with Crippen LogP contribution in [0, 0.1) is 6.92 Å². The van der Waals surface area contributed by atoms with E-state index in [1.54, 1.807) is 13.8 Å². The number of ether oxygens (including phenoxy) is 1. The lowest BCUT2D eigenvalue weighted by Gasteiger charge is -2.29. The number of allylic oxidation sites excluding steroid dienone is 4. The van der Waals surface area contributed by atoms with Crippen LogP contribution in [-0.2, 0) is 21.4 Å². The van der Waals surface area contributed by atoms with Crippen molar-refractivity contribution in [2.45, 2.75) is 46.0 Å². The molecule has 0 amide bonds. The molecule has 0 saturated heterocycles. The quantitative estimate of drug-likeness (QED) is 0.201. The third-order valence-corrected chi connectivity index (χ3v) is 7.11. The molecule has 1 unspecified atom stereocenters. The maximum Gasteiger partial charge on any atom is 0.194 e. The Labute approximate surface area is 212 Å². The first kappa shape index (κ1) is 24.2. The Morgan fingerprint density at radius 2 is 1.92 bits per heavy atom. The minimum atomic E-state index is -1.53. The minimum absolute atomic E-state index is 0.00975. The average molecular weight is 503 g/mol. The lowest BCUT2D eigenvalue weighted by molar-refractivity contribution is -0.123.